The summed E-state index contributed by atoms with van der Waals surface area (Å²) in [6.45, 7) is 0. The molecule has 1 aromatic carbocycles. The van der Waals surface area contributed by atoms with Crippen molar-refractivity contribution >= 4 is 5.97 Å². The molecule has 3 N–H and O–H groups in total. The number of carboxylic acids is 1. The molecule has 15 heavy (non-hydrogen) atoms. The van der Waals surface area contributed by atoms with Crippen LogP contribution in [-0.2, 0) is 5.54 Å². The van der Waals surface area contributed by atoms with Crippen LogP contribution in [0.5, 0.6) is 0 Å². The van der Waals surface area contributed by atoms with Gasteiger partial charge in [-0.05, 0) is 25.0 Å². The normalized spacial score (nSPS) is 17.5. The van der Waals surface area contributed by atoms with Crippen LogP contribution < -0.4 is 5.73 Å². The van der Waals surface area contributed by atoms with Gasteiger partial charge in [-0.3, -0.25) is 0 Å². The van der Waals surface area contributed by atoms with Crippen molar-refractivity contribution in [3.63, 3.8) is 0 Å². The molecule has 0 heterocycles. The first-order valence-electron chi connectivity index (χ1n) is 4.46. The molecular formula is C10H9F2NO2. The Kier molecular flexibility index (Phi) is 2.01. The first-order valence-corrected chi connectivity index (χ1v) is 4.46. The quantitative estimate of drug-likeness (QED) is 0.784. The zero-order chi connectivity index (χ0) is 11.2. The molecule has 3 nitrogen and oxygen atoms in total. The van der Waals surface area contributed by atoms with Crippen LogP contribution in [0.1, 0.15) is 28.8 Å². The van der Waals surface area contributed by atoms with E-state index in [0.717, 1.165) is 12.1 Å². The molecule has 0 aromatic heterocycles. The first kappa shape index (κ1) is 10.0. The van der Waals surface area contributed by atoms with E-state index in [0.29, 0.717) is 12.8 Å². The Morgan fingerprint density at radius 3 is 2.13 bits per heavy atom. The molecule has 0 aliphatic heterocycles. The predicted molar refractivity (Wildman–Crippen MR) is 48.4 cm³/mol. The molecule has 0 bridgehead atoms. The van der Waals surface area contributed by atoms with Crippen molar-refractivity contribution in [1.29, 1.82) is 0 Å². The van der Waals surface area contributed by atoms with Gasteiger partial charge < -0.3 is 10.8 Å². The van der Waals surface area contributed by atoms with Crippen LogP contribution in [0, 0.1) is 11.6 Å². The molecule has 80 valence electrons. The fourth-order valence-electron chi connectivity index (χ4n) is 1.56. The van der Waals surface area contributed by atoms with E-state index in [1.807, 2.05) is 0 Å². The number of aromatic carboxylic acids is 1. The van der Waals surface area contributed by atoms with Gasteiger partial charge in [0.05, 0.1) is 5.56 Å². The number of hydrogen-bond donors (Lipinski definition) is 2. The summed E-state index contributed by atoms with van der Waals surface area (Å²) in [5, 5.41) is 8.58. The molecule has 0 radical (unpaired) electrons. The third-order valence-electron chi connectivity index (χ3n) is 2.58. The maximum absolute atomic E-state index is 13.4. The largest absolute Gasteiger partial charge is 0.478 e. The van der Waals surface area contributed by atoms with Gasteiger partial charge in [0.1, 0.15) is 11.6 Å². The standard InChI is InChI=1S/C10H9F2NO2/c11-6-3-5(9(14)15)4-7(12)8(6)10(13)1-2-10/h3-4H,1-2,13H2,(H,14,15). The first-order chi connectivity index (χ1) is 6.94. The van der Waals surface area contributed by atoms with Crippen LogP contribution in [0.15, 0.2) is 12.1 Å². The van der Waals surface area contributed by atoms with E-state index in [-0.39, 0.29) is 5.56 Å². The van der Waals surface area contributed by atoms with Crippen molar-refractivity contribution in [3.8, 4) is 0 Å². The number of carboxylic acid groups (broad SMARTS) is 1. The van der Waals surface area contributed by atoms with Crippen LogP contribution >= 0.6 is 0 Å². The molecule has 1 saturated carbocycles. The van der Waals surface area contributed by atoms with Gasteiger partial charge in [-0.1, -0.05) is 0 Å². The minimum Gasteiger partial charge on any atom is -0.478 e. The zero-order valence-electron chi connectivity index (χ0n) is 7.76. The summed E-state index contributed by atoms with van der Waals surface area (Å²) in [5.74, 6) is -3.12. The van der Waals surface area contributed by atoms with Crippen molar-refractivity contribution in [2.45, 2.75) is 18.4 Å². The molecule has 0 spiro atoms. The van der Waals surface area contributed by atoms with E-state index >= 15 is 0 Å². The van der Waals surface area contributed by atoms with Crippen molar-refractivity contribution in [2.75, 3.05) is 0 Å². The van der Waals surface area contributed by atoms with Crippen molar-refractivity contribution in [3.05, 3.63) is 34.9 Å². The Hall–Kier alpha value is -1.49. The molecule has 5 heteroatoms. The second-order valence-corrected chi connectivity index (χ2v) is 3.78. The van der Waals surface area contributed by atoms with Gasteiger partial charge >= 0.3 is 5.97 Å². The van der Waals surface area contributed by atoms with Gasteiger partial charge in [-0.15, -0.1) is 0 Å². The van der Waals surface area contributed by atoms with E-state index in [1.54, 1.807) is 0 Å². The second-order valence-electron chi connectivity index (χ2n) is 3.78. The van der Waals surface area contributed by atoms with Crippen molar-refractivity contribution in [1.82, 2.24) is 0 Å². The Labute approximate surface area is 84.5 Å². The van der Waals surface area contributed by atoms with Crippen LogP contribution in [0.3, 0.4) is 0 Å². The summed E-state index contributed by atoms with van der Waals surface area (Å²) in [4.78, 5) is 10.5. The number of halogens is 2. The fourth-order valence-corrected chi connectivity index (χ4v) is 1.56. The maximum atomic E-state index is 13.4. The highest BCUT2D eigenvalue weighted by atomic mass is 19.1. The lowest BCUT2D eigenvalue weighted by Gasteiger charge is -2.12. The van der Waals surface area contributed by atoms with Crippen molar-refractivity contribution < 1.29 is 18.7 Å². The highest BCUT2D eigenvalue weighted by molar-refractivity contribution is 5.87. The monoisotopic (exact) mass is 213 g/mol. The summed E-state index contributed by atoms with van der Waals surface area (Å²) >= 11 is 0. The number of nitrogens with two attached hydrogens (primary N) is 1. The summed E-state index contributed by atoms with van der Waals surface area (Å²) in [6, 6.07) is 1.60. The van der Waals surface area contributed by atoms with Gasteiger partial charge in [0, 0.05) is 11.1 Å². The summed E-state index contributed by atoms with van der Waals surface area (Å²) in [6.07, 6.45) is 1.04. The topological polar surface area (TPSA) is 63.3 Å². The lowest BCUT2D eigenvalue weighted by Crippen LogP contribution is -2.22. The molecule has 1 aromatic rings. The lowest BCUT2D eigenvalue weighted by atomic mass is 10.0. The lowest BCUT2D eigenvalue weighted by molar-refractivity contribution is 0.0695. The summed E-state index contributed by atoms with van der Waals surface area (Å²) < 4.78 is 26.8. The number of benzene rings is 1. The van der Waals surface area contributed by atoms with Crippen LogP contribution in [-0.4, -0.2) is 11.1 Å². The average Bonchev–Trinajstić information content (AvgIpc) is 2.82. The molecule has 0 unspecified atom stereocenters. The van der Waals surface area contributed by atoms with E-state index in [1.165, 1.54) is 0 Å². The Bertz CT molecular complexity index is 418. The summed E-state index contributed by atoms with van der Waals surface area (Å²) in [7, 11) is 0. The molecule has 1 fully saturated rings. The van der Waals surface area contributed by atoms with Crippen LogP contribution in [0.2, 0.25) is 0 Å². The van der Waals surface area contributed by atoms with E-state index in [9.17, 15) is 13.6 Å². The van der Waals surface area contributed by atoms with Gasteiger partial charge in [0.2, 0.25) is 0 Å². The molecular weight excluding hydrogens is 204 g/mol. The highest BCUT2D eigenvalue weighted by Crippen LogP contribution is 2.44. The van der Waals surface area contributed by atoms with Crippen LogP contribution in [0.4, 0.5) is 8.78 Å². The van der Waals surface area contributed by atoms with Crippen molar-refractivity contribution in [2.24, 2.45) is 5.73 Å². The fraction of sp³-hybridized carbons (Fsp3) is 0.300. The number of rotatable bonds is 2. The van der Waals surface area contributed by atoms with Gasteiger partial charge in [0.25, 0.3) is 0 Å². The molecule has 1 aliphatic rings. The molecule has 0 atom stereocenters. The second kappa shape index (κ2) is 3.00. The van der Waals surface area contributed by atoms with E-state index < -0.39 is 28.7 Å². The van der Waals surface area contributed by atoms with E-state index in [4.69, 9.17) is 10.8 Å². The van der Waals surface area contributed by atoms with Gasteiger partial charge in [-0.2, -0.15) is 0 Å². The van der Waals surface area contributed by atoms with Crippen LogP contribution in [0.25, 0.3) is 0 Å². The SMILES string of the molecule is NC1(c2c(F)cc(C(=O)O)cc2F)CC1. The predicted octanol–water partition coefficient (Wildman–Crippen LogP) is 1.61. The molecule has 0 saturated heterocycles. The smallest absolute Gasteiger partial charge is 0.335 e. The molecule has 2 rings (SSSR count). The Morgan fingerprint density at radius 1 is 1.33 bits per heavy atom. The average molecular weight is 213 g/mol. The Balaban J connectivity index is 2.54. The number of carbonyl (C=O) groups is 1. The van der Waals surface area contributed by atoms with Gasteiger partial charge in [-0.25, -0.2) is 13.6 Å². The minimum atomic E-state index is -1.36. The van der Waals surface area contributed by atoms with E-state index in [2.05, 4.69) is 0 Å². The number of hydrogen-bond acceptors (Lipinski definition) is 2. The Morgan fingerprint density at radius 2 is 1.80 bits per heavy atom. The molecule has 0 amide bonds. The highest BCUT2D eigenvalue weighted by Gasteiger charge is 2.44. The third kappa shape index (κ3) is 1.59. The third-order valence-corrected chi connectivity index (χ3v) is 2.58. The zero-order valence-corrected chi connectivity index (χ0v) is 7.76. The maximum Gasteiger partial charge on any atom is 0.335 e. The summed E-state index contributed by atoms with van der Waals surface area (Å²) in [5.41, 5.74) is 4.12. The molecule has 1 aliphatic carbocycles. The minimum absolute atomic E-state index is 0.201. The van der Waals surface area contributed by atoms with Gasteiger partial charge in [0.15, 0.2) is 0 Å².